The zero-order valence-electron chi connectivity index (χ0n) is 17.7. The van der Waals surface area contributed by atoms with Gasteiger partial charge in [0.2, 0.25) is 18.2 Å². The van der Waals surface area contributed by atoms with Crippen LogP contribution in [0.15, 0.2) is 89.7 Å². The first-order chi connectivity index (χ1) is 16.7. The van der Waals surface area contributed by atoms with Gasteiger partial charge in [0.25, 0.3) is 0 Å². The average Bonchev–Trinajstić information content (AvgIpc) is 3.45. The molecule has 34 heavy (non-hydrogen) atoms. The van der Waals surface area contributed by atoms with Gasteiger partial charge in [0.05, 0.1) is 0 Å². The molecule has 0 fully saturated rings. The van der Waals surface area contributed by atoms with Gasteiger partial charge in [0.15, 0.2) is 23.9 Å². The fourth-order valence-corrected chi connectivity index (χ4v) is 3.37. The van der Waals surface area contributed by atoms with Crippen LogP contribution in [0.5, 0.6) is 0 Å². The van der Waals surface area contributed by atoms with E-state index in [2.05, 4.69) is 10.2 Å². The van der Waals surface area contributed by atoms with Gasteiger partial charge >= 0.3 is 0 Å². The molecule has 0 saturated heterocycles. The minimum Gasteiger partial charge on any atom is -0.428 e. The Morgan fingerprint density at radius 3 is 2.03 bits per heavy atom. The summed E-state index contributed by atoms with van der Waals surface area (Å²) >= 11 is 0. The summed E-state index contributed by atoms with van der Waals surface area (Å²) in [6.07, 6.45) is 2.00. The molecular weight excluding hydrogens is 430 g/mol. The average molecular weight is 447 g/mol. The molecule has 2 N–H and O–H groups in total. The molecule has 3 aromatic carbocycles. The Kier molecular flexibility index (Phi) is 5.64. The quantitative estimate of drug-likeness (QED) is 0.280. The molecule has 0 amide bonds. The SMILES string of the molecule is N=COC(=N)c1cccc(-c2nc(-c3ccccc3)nc(-c3cccc(-c4nnco4)c3)n2)c1. The third-order valence-corrected chi connectivity index (χ3v) is 4.95. The molecule has 0 spiro atoms. The normalized spacial score (nSPS) is 10.6. The van der Waals surface area contributed by atoms with E-state index >= 15 is 0 Å². The van der Waals surface area contributed by atoms with Crippen LogP contribution >= 0.6 is 0 Å². The molecule has 0 atom stereocenters. The van der Waals surface area contributed by atoms with Crippen molar-refractivity contribution in [2.24, 2.45) is 0 Å². The van der Waals surface area contributed by atoms with Crippen LogP contribution in [0.4, 0.5) is 0 Å². The molecule has 0 radical (unpaired) electrons. The second kappa shape index (κ2) is 9.21. The summed E-state index contributed by atoms with van der Waals surface area (Å²) in [6, 6.07) is 24.3. The standard InChI is InChI=1S/C25H17N7O2/c26-14-33-21(27)17-8-4-9-18(12-17)23-29-22(16-6-2-1-3-7-16)30-24(31-23)19-10-5-11-20(13-19)25-32-28-15-34-25/h1-15,26-27H. The van der Waals surface area contributed by atoms with Gasteiger partial charge in [0.1, 0.15) is 0 Å². The van der Waals surface area contributed by atoms with E-state index in [0.717, 1.165) is 23.1 Å². The maximum absolute atomic E-state index is 7.99. The molecule has 0 unspecified atom stereocenters. The molecule has 0 aliphatic rings. The lowest BCUT2D eigenvalue weighted by atomic mass is 10.1. The molecule has 5 rings (SSSR count). The van der Waals surface area contributed by atoms with Crippen molar-refractivity contribution in [1.82, 2.24) is 25.1 Å². The highest BCUT2D eigenvalue weighted by atomic mass is 16.5. The van der Waals surface area contributed by atoms with E-state index < -0.39 is 0 Å². The van der Waals surface area contributed by atoms with Gasteiger partial charge in [-0.05, 0) is 24.3 Å². The first-order valence-electron chi connectivity index (χ1n) is 10.2. The predicted octanol–water partition coefficient (Wildman–Crippen LogP) is 4.87. The number of aromatic nitrogens is 5. The highest BCUT2D eigenvalue weighted by molar-refractivity contribution is 5.96. The maximum atomic E-state index is 7.99. The Balaban J connectivity index is 1.65. The molecule has 2 heterocycles. The zero-order chi connectivity index (χ0) is 23.3. The first-order valence-corrected chi connectivity index (χ1v) is 10.2. The van der Waals surface area contributed by atoms with Crippen LogP contribution in [0.2, 0.25) is 0 Å². The van der Waals surface area contributed by atoms with Crippen LogP contribution in [-0.2, 0) is 4.74 Å². The summed E-state index contributed by atoms with van der Waals surface area (Å²) in [5, 5.41) is 22.8. The van der Waals surface area contributed by atoms with Crippen molar-refractivity contribution in [1.29, 1.82) is 10.8 Å². The Morgan fingerprint density at radius 1 is 0.735 bits per heavy atom. The highest BCUT2D eigenvalue weighted by Crippen LogP contribution is 2.27. The number of hydrogen-bond donors (Lipinski definition) is 2. The van der Waals surface area contributed by atoms with E-state index in [1.54, 1.807) is 18.2 Å². The summed E-state index contributed by atoms with van der Waals surface area (Å²) in [4.78, 5) is 14.1. The molecule has 0 aliphatic carbocycles. The number of hydrogen-bond acceptors (Lipinski definition) is 9. The van der Waals surface area contributed by atoms with Crippen molar-refractivity contribution >= 4 is 12.3 Å². The topological polar surface area (TPSA) is 135 Å². The number of nitrogens with one attached hydrogen (secondary N) is 2. The summed E-state index contributed by atoms with van der Waals surface area (Å²) in [7, 11) is 0. The molecule has 9 nitrogen and oxygen atoms in total. The van der Waals surface area contributed by atoms with E-state index in [1.807, 2.05) is 60.7 Å². The van der Waals surface area contributed by atoms with Gasteiger partial charge in [-0.3, -0.25) is 10.8 Å². The number of rotatable bonds is 6. The third kappa shape index (κ3) is 4.30. The van der Waals surface area contributed by atoms with E-state index in [1.165, 1.54) is 6.39 Å². The van der Waals surface area contributed by atoms with Gasteiger partial charge in [-0.1, -0.05) is 54.6 Å². The van der Waals surface area contributed by atoms with E-state index in [-0.39, 0.29) is 5.90 Å². The Hall–Kier alpha value is -5.05. The summed E-state index contributed by atoms with van der Waals surface area (Å²) in [5.74, 6) is 1.69. The predicted molar refractivity (Wildman–Crippen MR) is 126 cm³/mol. The molecule has 0 saturated carbocycles. The monoisotopic (exact) mass is 447 g/mol. The van der Waals surface area contributed by atoms with Crippen LogP contribution in [0.25, 0.3) is 45.6 Å². The van der Waals surface area contributed by atoms with Crippen molar-refractivity contribution in [2.75, 3.05) is 0 Å². The van der Waals surface area contributed by atoms with E-state index in [4.69, 9.17) is 34.9 Å². The molecule has 0 bridgehead atoms. The van der Waals surface area contributed by atoms with Gasteiger partial charge in [-0.15, -0.1) is 10.2 Å². The Labute approximate surface area is 194 Å². The minimum absolute atomic E-state index is 0.137. The van der Waals surface area contributed by atoms with Gasteiger partial charge in [-0.2, -0.15) is 0 Å². The smallest absolute Gasteiger partial charge is 0.247 e. The molecule has 5 aromatic rings. The van der Waals surface area contributed by atoms with Crippen LogP contribution in [0, 0.1) is 10.8 Å². The van der Waals surface area contributed by atoms with Crippen molar-refractivity contribution in [2.45, 2.75) is 0 Å². The second-order valence-electron chi connectivity index (χ2n) is 7.14. The van der Waals surface area contributed by atoms with Crippen LogP contribution < -0.4 is 0 Å². The van der Waals surface area contributed by atoms with Gasteiger partial charge in [-0.25, -0.2) is 15.0 Å². The Bertz CT molecular complexity index is 1470. The largest absolute Gasteiger partial charge is 0.428 e. The number of benzene rings is 3. The van der Waals surface area contributed by atoms with E-state index in [9.17, 15) is 0 Å². The lowest BCUT2D eigenvalue weighted by Gasteiger charge is -2.10. The van der Waals surface area contributed by atoms with Gasteiger partial charge < -0.3 is 9.15 Å². The molecule has 0 aliphatic heterocycles. The van der Waals surface area contributed by atoms with Gasteiger partial charge in [0, 0.05) is 27.8 Å². The molecule has 9 heteroatoms. The highest BCUT2D eigenvalue weighted by Gasteiger charge is 2.14. The van der Waals surface area contributed by atoms with Crippen molar-refractivity contribution in [3.8, 4) is 45.6 Å². The van der Waals surface area contributed by atoms with Crippen molar-refractivity contribution < 1.29 is 9.15 Å². The minimum atomic E-state index is -0.137. The summed E-state index contributed by atoms with van der Waals surface area (Å²) in [6.45, 7) is 0. The lowest BCUT2D eigenvalue weighted by Crippen LogP contribution is -2.04. The van der Waals surface area contributed by atoms with Crippen LogP contribution in [0.1, 0.15) is 5.56 Å². The maximum Gasteiger partial charge on any atom is 0.247 e. The van der Waals surface area contributed by atoms with Crippen molar-refractivity contribution in [3.05, 3.63) is 90.8 Å². The molecular formula is C25H17N7O2. The molecule has 164 valence electrons. The van der Waals surface area contributed by atoms with Crippen LogP contribution in [-0.4, -0.2) is 37.4 Å². The van der Waals surface area contributed by atoms with E-state index in [0.29, 0.717) is 34.5 Å². The number of nitrogens with zero attached hydrogens (tertiary/aromatic N) is 5. The fraction of sp³-hybridized carbons (Fsp3) is 0. The second-order valence-corrected chi connectivity index (χ2v) is 7.14. The zero-order valence-corrected chi connectivity index (χ0v) is 17.7. The lowest BCUT2D eigenvalue weighted by molar-refractivity contribution is 0.561. The number of ether oxygens (including phenoxy) is 1. The first kappa shape index (κ1) is 20.8. The summed E-state index contributed by atoms with van der Waals surface area (Å²) in [5.41, 5.74) is 3.54. The Morgan fingerprint density at radius 2 is 1.35 bits per heavy atom. The van der Waals surface area contributed by atoms with Crippen LogP contribution in [0.3, 0.4) is 0 Å². The van der Waals surface area contributed by atoms with Crippen molar-refractivity contribution in [3.63, 3.8) is 0 Å². The molecule has 2 aromatic heterocycles. The fourth-order valence-electron chi connectivity index (χ4n) is 3.37. The summed E-state index contributed by atoms with van der Waals surface area (Å²) < 4.78 is 10.2. The third-order valence-electron chi connectivity index (χ3n) is 4.95.